The monoisotopic (exact) mass is 242 g/mol. The van der Waals surface area contributed by atoms with E-state index in [-0.39, 0.29) is 0 Å². The summed E-state index contributed by atoms with van der Waals surface area (Å²) in [7, 11) is 0. The van der Waals surface area contributed by atoms with Crippen molar-refractivity contribution in [1.82, 2.24) is 10.9 Å². The maximum atomic E-state index is 11.4. The van der Waals surface area contributed by atoms with Crippen molar-refractivity contribution in [3.8, 4) is 0 Å². The maximum Gasteiger partial charge on any atom is 0.422 e. The van der Waals surface area contributed by atoms with Gasteiger partial charge in [-0.25, -0.2) is 10.2 Å². The Kier molecular flexibility index (Phi) is 5.25. The predicted molar refractivity (Wildman–Crippen MR) is 68.5 cm³/mol. The molecule has 1 aliphatic rings. The van der Waals surface area contributed by atoms with E-state index in [0.717, 1.165) is 12.5 Å². The molecule has 0 aliphatic heterocycles. The lowest BCUT2D eigenvalue weighted by Gasteiger charge is -2.26. The normalized spacial score (nSPS) is 25.4. The Balaban J connectivity index is 2.09. The number of nitrogens with one attached hydrogen (secondary N) is 2. The Bertz CT molecular complexity index is 240. The summed E-state index contributed by atoms with van der Waals surface area (Å²) in [5.74, 6) is 1.55. The van der Waals surface area contributed by atoms with Crippen LogP contribution in [0.2, 0.25) is 0 Å². The van der Waals surface area contributed by atoms with Gasteiger partial charge in [-0.3, -0.25) is 5.43 Å². The molecule has 0 saturated heterocycles. The first-order chi connectivity index (χ1) is 7.87. The number of hydrazine groups is 1. The summed E-state index contributed by atoms with van der Waals surface area (Å²) >= 11 is 0. The van der Waals surface area contributed by atoms with Crippen LogP contribution in [0.4, 0.5) is 4.79 Å². The number of hydrogen-bond acceptors (Lipinski definition) is 3. The average molecular weight is 242 g/mol. The fraction of sp³-hybridized carbons (Fsp3) is 0.923. The number of carbonyl (C=O) groups excluding carboxylic acids is 1. The summed E-state index contributed by atoms with van der Waals surface area (Å²) in [6, 6.07) is 0. The van der Waals surface area contributed by atoms with Gasteiger partial charge in [0.15, 0.2) is 0 Å². The Morgan fingerprint density at radius 1 is 1.24 bits per heavy atom. The maximum absolute atomic E-state index is 11.4. The Morgan fingerprint density at radius 2 is 1.82 bits per heavy atom. The molecule has 4 nitrogen and oxygen atoms in total. The van der Waals surface area contributed by atoms with Crippen LogP contribution in [0.3, 0.4) is 0 Å². The molecule has 0 bridgehead atoms. The lowest BCUT2D eigenvalue weighted by molar-refractivity contribution is 0.0492. The number of ether oxygens (including phenoxy) is 1. The van der Waals surface area contributed by atoms with Crippen molar-refractivity contribution in [2.75, 3.05) is 6.54 Å². The van der Waals surface area contributed by atoms with Crippen molar-refractivity contribution in [1.29, 1.82) is 0 Å². The van der Waals surface area contributed by atoms with Crippen LogP contribution in [0.5, 0.6) is 0 Å². The van der Waals surface area contributed by atoms with Crippen LogP contribution >= 0.6 is 0 Å². The molecule has 1 rings (SSSR count). The average Bonchev–Trinajstić information content (AvgIpc) is 2.18. The fourth-order valence-corrected chi connectivity index (χ4v) is 2.10. The SMILES string of the molecule is CC1CCC(CNNC(=O)OC(C)(C)C)CC1. The highest BCUT2D eigenvalue weighted by Crippen LogP contribution is 2.27. The molecular weight excluding hydrogens is 216 g/mol. The van der Waals surface area contributed by atoms with Crippen molar-refractivity contribution >= 4 is 6.09 Å². The van der Waals surface area contributed by atoms with Crippen molar-refractivity contribution in [3.63, 3.8) is 0 Å². The van der Waals surface area contributed by atoms with E-state index in [0.29, 0.717) is 5.92 Å². The second-order valence-electron chi connectivity index (χ2n) is 6.13. The zero-order valence-electron chi connectivity index (χ0n) is 11.5. The van der Waals surface area contributed by atoms with Gasteiger partial charge in [-0.2, -0.15) is 0 Å². The third-order valence-electron chi connectivity index (χ3n) is 3.12. The van der Waals surface area contributed by atoms with E-state index in [2.05, 4.69) is 17.8 Å². The third kappa shape index (κ3) is 6.51. The zero-order chi connectivity index (χ0) is 12.9. The Morgan fingerprint density at radius 3 is 2.35 bits per heavy atom. The molecule has 1 fully saturated rings. The molecule has 2 N–H and O–H groups in total. The second-order valence-corrected chi connectivity index (χ2v) is 6.13. The Hall–Kier alpha value is -0.770. The zero-order valence-corrected chi connectivity index (χ0v) is 11.5. The minimum atomic E-state index is -0.438. The molecule has 0 radical (unpaired) electrons. The van der Waals surface area contributed by atoms with Crippen molar-refractivity contribution in [3.05, 3.63) is 0 Å². The molecule has 0 aromatic heterocycles. The molecule has 0 atom stereocenters. The van der Waals surface area contributed by atoms with Gasteiger partial charge in [-0.1, -0.05) is 19.8 Å². The van der Waals surface area contributed by atoms with Crippen molar-refractivity contribution in [2.24, 2.45) is 11.8 Å². The quantitative estimate of drug-likeness (QED) is 0.748. The number of carbonyl (C=O) groups is 1. The van der Waals surface area contributed by atoms with Gasteiger partial charge >= 0.3 is 6.09 Å². The van der Waals surface area contributed by atoms with Crippen LogP contribution in [0.25, 0.3) is 0 Å². The summed E-state index contributed by atoms with van der Waals surface area (Å²) in [6.07, 6.45) is 4.72. The summed E-state index contributed by atoms with van der Waals surface area (Å²) in [6.45, 7) is 8.72. The van der Waals surface area contributed by atoms with E-state index in [9.17, 15) is 4.79 Å². The van der Waals surface area contributed by atoms with Crippen molar-refractivity contribution in [2.45, 2.75) is 59.0 Å². The molecular formula is C13H26N2O2. The largest absolute Gasteiger partial charge is 0.443 e. The molecule has 100 valence electrons. The van der Waals surface area contributed by atoms with E-state index >= 15 is 0 Å². The first-order valence-corrected chi connectivity index (χ1v) is 6.58. The van der Waals surface area contributed by atoms with Gasteiger partial charge in [0.25, 0.3) is 0 Å². The Labute approximate surface area is 104 Å². The third-order valence-corrected chi connectivity index (χ3v) is 3.12. The molecule has 0 aromatic carbocycles. The van der Waals surface area contributed by atoms with E-state index in [1.165, 1.54) is 25.7 Å². The molecule has 4 heteroatoms. The lowest BCUT2D eigenvalue weighted by atomic mass is 9.83. The number of hydrogen-bond donors (Lipinski definition) is 2. The van der Waals surface area contributed by atoms with Crippen LogP contribution in [0.15, 0.2) is 0 Å². The molecule has 0 spiro atoms. The molecule has 0 unspecified atom stereocenters. The van der Waals surface area contributed by atoms with Gasteiger partial charge in [0, 0.05) is 6.54 Å². The van der Waals surface area contributed by atoms with Crippen LogP contribution in [-0.4, -0.2) is 18.2 Å². The highest BCUT2D eigenvalue weighted by Gasteiger charge is 2.19. The number of rotatable bonds is 3. The molecule has 1 saturated carbocycles. The summed E-state index contributed by atoms with van der Waals surface area (Å²) < 4.78 is 5.13. The van der Waals surface area contributed by atoms with Crippen LogP contribution < -0.4 is 10.9 Å². The van der Waals surface area contributed by atoms with Gasteiger partial charge in [0.05, 0.1) is 0 Å². The van der Waals surface area contributed by atoms with Crippen LogP contribution in [-0.2, 0) is 4.74 Å². The second kappa shape index (κ2) is 6.24. The summed E-state index contributed by atoms with van der Waals surface area (Å²) in [5.41, 5.74) is 5.12. The number of amides is 1. The van der Waals surface area contributed by atoms with E-state index in [1.807, 2.05) is 20.8 Å². The van der Waals surface area contributed by atoms with Gasteiger partial charge in [-0.15, -0.1) is 0 Å². The van der Waals surface area contributed by atoms with E-state index in [1.54, 1.807) is 0 Å². The van der Waals surface area contributed by atoms with E-state index in [4.69, 9.17) is 4.74 Å². The lowest BCUT2D eigenvalue weighted by Crippen LogP contribution is -2.43. The molecule has 17 heavy (non-hydrogen) atoms. The fourth-order valence-electron chi connectivity index (χ4n) is 2.10. The summed E-state index contributed by atoms with van der Waals surface area (Å²) in [5, 5.41) is 0. The molecule has 1 aliphatic carbocycles. The molecule has 0 aromatic rings. The van der Waals surface area contributed by atoms with Crippen molar-refractivity contribution < 1.29 is 9.53 Å². The van der Waals surface area contributed by atoms with E-state index < -0.39 is 11.7 Å². The standard InChI is InChI=1S/C13H26N2O2/c1-10-5-7-11(8-6-10)9-14-15-12(16)17-13(2,3)4/h10-11,14H,5-9H2,1-4H3,(H,15,16). The van der Waals surface area contributed by atoms with Gasteiger partial charge in [0.1, 0.15) is 5.60 Å². The highest BCUT2D eigenvalue weighted by atomic mass is 16.6. The first-order valence-electron chi connectivity index (χ1n) is 6.58. The topological polar surface area (TPSA) is 50.4 Å². The van der Waals surface area contributed by atoms with Crippen LogP contribution in [0, 0.1) is 11.8 Å². The predicted octanol–water partition coefficient (Wildman–Crippen LogP) is 2.84. The first kappa shape index (κ1) is 14.3. The van der Waals surface area contributed by atoms with Gasteiger partial charge in [0.2, 0.25) is 0 Å². The van der Waals surface area contributed by atoms with Gasteiger partial charge < -0.3 is 4.74 Å². The summed E-state index contributed by atoms with van der Waals surface area (Å²) in [4.78, 5) is 11.4. The van der Waals surface area contributed by atoms with Gasteiger partial charge in [-0.05, 0) is 45.4 Å². The molecule has 0 heterocycles. The molecule has 1 amide bonds. The van der Waals surface area contributed by atoms with Crippen LogP contribution in [0.1, 0.15) is 53.4 Å². The smallest absolute Gasteiger partial charge is 0.422 e. The highest BCUT2D eigenvalue weighted by molar-refractivity contribution is 5.66. The minimum absolute atomic E-state index is 0.401. The minimum Gasteiger partial charge on any atom is -0.443 e.